The number of aromatic amines is 1. The van der Waals surface area contributed by atoms with Crippen LogP contribution in [0.25, 0.3) is 11.4 Å². The van der Waals surface area contributed by atoms with Gasteiger partial charge in [-0.25, -0.2) is 4.98 Å². The molecule has 4 rings (SSSR count). The summed E-state index contributed by atoms with van der Waals surface area (Å²) < 4.78 is 4.96. The van der Waals surface area contributed by atoms with Crippen molar-refractivity contribution in [2.24, 2.45) is 5.92 Å². The van der Waals surface area contributed by atoms with Crippen LogP contribution in [0.15, 0.2) is 30.3 Å². The number of aromatic nitrogens is 3. The first-order chi connectivity index (χ1) is 15.1. The Hall–Kier alpha value is -2.74. The second-order valence-electron chi connectivity index (χ2n) is 8.63. The molecule has 1 aromatic carbocycles. The minimum absolute atomic E-state index is 0.00902. The highest BCUT2D eigenvalue weighted by Crippen LogP contribution is 2.31. The van der Waals surface area contributed by atoms with Crippen LogP contribution in [0.3, 0.4) is 0 Å². The van der Waals surface area contributed by atoms with Crippen molar-refractivity contribution in [3.05, 3.63) is 36.2 Å². The predicted molar refractivity (Wildman–Crippen MR) is 116 cm³/mol. The van der Waals surface area contributed by atoms with Gasteiger partial charge in [0.1, 0.15) is 12.4 Å². The van der Waals surface area contributed by atoms with Crippen molar-refractivity contribution in [1.82, 2.24) is 25.4 Å². The maximum Gasteiger partial charge on any atom is 0.246 e. The van der Waals surface area contributed by atoms with Crippen LogP contribution >= 0.6 is 0 Å². The van der Waals surface area contributed by atoms with Crippen molar-refractivity contribution in [1.29, 1.82) is 0 Å². The van der Waals surface area contributed by atoms with Gasteiger partial charge >= 0.3 is 0 Å². The normalized spacial score (nSPS) is 21.9. The largest absolute Gasteiger partial charge is 0.375 e. The fraction of sp³-hybridized carbons (Fsp3) is 0.565. The minimum atomic E-state index is -0.227. The van der Waals surface area contributed by atoms with Crippen molar-refractivity contribution < 1.29 is 14.3 Å². The molecule has 1 aromatic heterocycles. The van der Waals surface area contributed by atoms with Crippen molar-refractivity contribution in [2.45, 2.75) is 50.5 Å². The van der Waals surface area contributed by atoms with Crippen LogP contribution in [-0.2, 0) is 14.3 Å². The highest BCUT2D eigenvalue weighted by Gasteiger charge is 2.39. The number of carbonyl (C=O) groups excluding carboxylic acids is 2. The number of nitrogens with one attached hydrogen (secondary N) is 2. The molecule has 0 radical (unpaired) electrons. The molecular weight excluding hydrogens is 394 g/mol. The molecule has 1 saturated heterocycles. The third-order valence-electron chi connectivity index (χ3n) is 6.37. The Kier molecular flexibility index (Phi) is 6.96. The summed E-state index contributed by atoms with van der Waals surface area (Å²) >= 11 is 0. The highest BCUT2D eigenvalue weighted by atomic mass is 16.5. The Bertz CT molecular complexity index is 878. The summed E-state index contributed by atoms with van der Waals surface area (Å²) in [4.78, 5) is 31.8. The number of carbonyl (C=O) groups is 2. The summed E-state index contributed by atoms with van der Waals surface area (Å²) in [5.41, 5.74) is 0.924. The smallest absolute Gasteiger partial charge is 0.246 e. The van der Waals surface area contributed by atoms with E-state index in [1.165, 1.54) is 26.4 Å². The van der Waals surface area contributed by atoms with E-state index in [2.05, 4.69) is 20.5 Å². The summed E-state index contributed by atoms with van der Waals surface area (Å²) in [5.74, 6) is 1.63. The van der Waals surface area contributed by atoms with Gasteiger partial charge in [0, 0.05) is 32.2 Å². The second-order valence-corrected chi connectivity index (χ2v) is 8.63. The molecule has 166 valence electrons. The van der Waals surface area contributed by atoms with Gasteiger partial charge in [-0.2, -0.15) is 5.10 Å². The SMILES string of the molecule is COCC(=O)N[C@@H]1CN(C(=O)CC2CCCCC2)C[C@H]1c1nc(-c2ccccc2)n[nH]1. The van der Waals surface area contributed by atoms with Crippen LogP contribution in [0, 0.1) is 5.92 Å². The summed E-state index contributed by atoms with van der Waals surface area (Å²) in [7, 11) is 1.49. The first-order valence-electron chi connectivity index (χ1n) is 11.2. The van der Waals surface area contributed by atoms with Crippen molar-refractivity contribution >= 4 is 11.8 Å². The second kappa shape index (κ2) is 10.0. The monoisotopic (exact) mass is 425 g/mol. The first kappa shape index (κ1) is 21.5. The lowest BCUT2D eigenvalue weighted by atomic mass is 9.87. The zero-order chi connectivity index (χ0) is 21.6. The average Bonchev–Trinajstić information content (AvgIpc) is 3.43. The standard InChI is InChI=1S/C23H31N5O3/c1-31-15-20(29)24-19-14-28(21(30)12-16-8-4-2-5-9-16)13-18(19)23-25-22(26-27-23)17-10-6-3-7-11-17/h3,6-7,10-11,16,18-19H,2,4-5,8-9,12-15H2,1H3,(H,24,29)(H,25,26,27)/t18-,19-/m1/s1. The van der Waals surface area contributed by atoms with Crippen molar-refractivity contribution in [3.63, 3.8) is 0 Å². The molecule has 2 amide bonds. The van der Waals surface area contributed by atoms with E-state index in [4.69, 9.17) is 4.74 Å². The molecule has 2 aliphatic rings. The Morgan fingerprint density at radius 1 is 1.16 bits per heavy atom. The molecule has 1 aliphatic carbocycles. The van der Waals surface area contributed by atoms with Gasteiger partial charge in [-0.15, -0.1) is 0 Å². The number of H-pyrrole nitrogens is 1. The number of amides is 2. The van der Waals surface area contributed by atoms with Crippen LogP contribution in [0.1, 0.15) is 50.3 Å². The topological polar surface area (TPSA) is 100 Å². The molecule has 2 heterocycles. The summed E-state index contributed by atoms with van der Waals surface area (Å²) in [6.45, 7) is 0.991. The average molecular weight is 426 g/mol. The number of benzene rings is 1. The van der Waals surface area contributed by atoms with Crippen LogP contribution in [0.2, 0.25) is 0 Å². The van der Waals surface area contributed by atoms with Gasteiger partial charge in [0.25, 0.3) is 0 Å². The number of likely N-dealkylation sites (tertiary alicyclic amines) is 1. The predicted octanol–water partition coefficient (Wildman–Crippen LogP) is 2.50. The fourth-order valence-electron chi connectivity index (χ4n) is 4.73. The van der Waals surface area contributed by atoms with Gasteiger partial charge < -0.3 is 15.0 Å². The van der Waals surface area contributed by atoms with E-state index >= 15 is 0 Å². The zero-order valence-corrected chi connectivity index (χ0v) is 18.0. The maximum atomic E-state index is 13.0. The van der Waals surface area contributed by atoms with E-state index in [-0.39, 0.29) is 30.4 Å². The summed E-state index contributed by atoms with van der Waals surface area (Å²) in [6, 6.07) is 9.53. The molecule has 1 saturated carbocycles. The number of rotatable bonds is 7. The highest BCUT2D eigenvalue weighted by molar-refractivity contribution is 5.79. The molecule has 2 N–H and O–H groups in total. The van der Waals surface area contributed by atoms with Crippen molar-refractivity contribution in [3.8, 4) is 11.4 Å². The number of nitrogens with zero attached hydrogens (tertiary/aromatic N) is 3. The van der Waals surface area contributed by atoms with E-state index in [1.807, 2.05) is 35.2 Å². The molecule has 0 unspecified atom stereocenters. The lowest BCUT2D eigenvalue weighted by Crippen LogP contribution is -2.42. The molecule has 0 bridgehead atoms. The molecule has 31 heavy (non-hydrogen) atoms. The van der Waals surface area contributed by atoms with E-state index in [0.717, 1.165) is 18.4 Å². The lowest BCUT2D eigenvalue weighted by molar-refractivity contribution is -0.132. The van der Waals surface area contributed by atoms with Gasteiger partial charge in [0.05, 0.1) is 12.0 Å². The molecule has 2 fully saturated rings. The van der Waals surface area contributed by atoms with Gasteiger partial charge in [-0.05, 0) is 18.8 Å². The number of ether oxygens (including phenoxy) is 1. The third kappa shape index (κ3) is 5.31. The lowest BCUT2D eigenvalue weighted by Gasteiger charge is -2.24. The van der Waals surface area contributed by atoms with E-state index in [1.54, 1.807) is 0 Å². The van der Waals surface area contributed by atoms with Gasteiger partial charge in [0.15, 0.2) is 5.82 Å². The Morgan fingerprint density at radius 2 is 1.94 bits per heavy atom. The molecule has 2 aromatic rings. The molecular formula is C23H31N5O3. The Labute approximate surface area is 182 Å². The molecule has 8 heteroatoms. The summed E-state index contributed by atoms with van der Waals surface area (Å²) in [5, 5.41) is 10.4. The van der Waals surface area contributed by atoms with Gasteiger partial charge in [0.2, 0.25) is 11.8 Å². The number of methoxy groups -OCH3 is 1. The van der Waals surface area contributed by atoms with E-state index < -0.39 is 0 Å². The van der Waals surface area contributed by atoms with E-state index in [9.17, 15) is 9.59 Å². The van der Waals surface area contributed by atoms with E-state index in [0.29, 0.717) is 37.1 Å². The minimum Gasteiger partial charge on any atom is -0.375 e. The molecule has 0 spiro atoms. The van der Waals surface area contributed by atoms with Crippen LogP contribution in [0.5, 0.6) is 0 Å². The van der Waals surface area contributed by atoms with Crippen LogP contribution in [-0.4, -0.2) is 64.7 Å². The molecule has 1 aliphatic heterocycles. The molecule has 2 atom stereocenters. The van der Waals surface area contributed by atoms with Crippen LogP contribution < -0.4 is 5.32 Å². The molecule has 8 nitrogen and oxygen atoms in total. The first-order valence-corrected chi connectivity index (χ1v) is 11.2. The quantitative estimate of drug-likeness (QED) is 0.710. The Balaban J connectivity index is 1.48. The maximum absolute atomic E-state index is 13.0. The zero-order valence-electron chi connectivity index (χ0n) is 18.0. The summed E-state index contributed by atoms with van der Waals surface area (Å²) in [6.07, 6.45) is 6.59. The number of hydrogen-bond donors (Lipinski definition) is 2. The van der Waals surface area contributed by atoms with Gasteiger partial charge in [-0.1, -0.05) is 49.6 Å². The number of hydrogen-bond acceptors (Lipinski definition) is 5. The van der Waals surface area contributed by atoms with Crippen molar-refractivity contribution in [2.75, 3.05) is 26.8 Å². The fourth-order valence-corrected chi connectivity index (χ4v) is 4.73. The van der Waals surface area contributed by atoms with Crippen LogP contribution in [0.4, 0.5) is 0 Å². The third-order valence-corrected chi connectivity index (χ3v) is 6.37. The Morgan fingerprint density at radius 3 is 2.68 bits per heavy atom. The van der Waals surface area contributed by atoms with Gasteiger partial charge in [-0.3, -0.25) is 14.7 Å².